The maximum atomic E-state index is 12.8. The number of carbonyl (C=O) groups is 2. The van der Waals surface area contributed by atoms with E-state index < -0.39 is 30.3 Å². The van der Waals surface area contributed by atoms with Gasteiger partial charge in [-0.3, -0.25) is 10.1 Å². The van der Waals surface area contributed by atoms with E-state index in [9.17, 15) is 22.8 Å². The van der Waals surface area contributed by atoms with Crippen molar-refractivity contribution in [1.82, 2.24) is 15.0 Å². The fraction of sp³-hybridized carbons (Fsp3) is 0.333. The lowest BCUT2D eigenvalue weighted by Gasteiger charge is -2.13. The first kappa shape index (κ1) is 20.0. The molecule has 9 nitrogen and oxygen atoms in total. The summed E-state index contributed by atoms with van der Waals surface area (Å²) in [5, 5.41) is 12.2. The lowest BCUT2D eigenvalue weighted by Crippen LogP contribution is -2.21. The van der Waals surface area contributed by atoms with Crippen molar-refractivity contribution in [2.24, 2.45) is 0 Å². The minimum atomic E-state index is -4.57. The van der Waals surface area contributed by atoms with E-state index in [0.29, 0.717) is 0 Å². The van der Waals surface area contributed by atoms with Crippen molar-refractivity contribution in [1.29, 1.82) is 0 Å². The van der Waals surface area contributed by atoms with Crippen molar-refractivity contribution in [3.8, 4) is 5.75 Å². The number of benzene rings is 1. The summed E-state index contributed by atoms with van der Waals surface area (Å²) in [6, 6.07) is 2.71. The van der Waals surface area contributed by atoms with E-state index in [0.717, 1.165) is 23.0 Å². The molecule has 1 aromatic heterocycles. The maximum absolute atomic E-state index is 12.8. The molecule has 146 valence electrons. The smallest absolute Gasteiger partial charge is 0.416 e. The molecule has 0 saturated heterocycles. The van der Waals surface area contributed by atoms with Crippen LogP contribution in [-0.4, -0.2) is 40.7 Å². The molecular weight excluding hydrogens is 371 g/mol. The van der Waals surface area contributed by atoms with Crippen LogP contribution in [0.1, 0.15) is 12.5 Å². The Morgan fingerprint density at radius 1 is 1.26 bits per heavy atom. The van der Waals surface area contributed by atoms with Gasteiger partial charge in [0.2, 0.25) is 5.91 Å². The highest BCUT2D eigenvalue weighted by molar-refractivity contribution is 5.92. The molecule has 1 heterocycles. The van der Waals surface area contributed by atoms with Crippen molar-refractivity contribution in [3.05, 3.63) is 30.0 Å². The molecule has 0 atom stereocenters. The van der Waals surface area contributed by atoms with Crippen LogP contribution in [0.15, 0.2) is 24.4 Å². The molecule has 12 heteroatoms. The first-order valence-electron chi connectivity index (χ1n) is 7.62. The second-order valence-corrected chi connectivity index (χ2v) is 5.07. The number of carbonyl (C=O) groups excluding carboxylic acids is 2. The summed E-state index contributed by atoms with van der Waals surface area (Å²) >= 11 is 0. The van der Waals surface area contributed by atoms with Crippen LogP contribution in [-0.2, 0) is 22.3 Å². The second-order valence-electron chi connectivity index (χ2n) is 5.07. The molecule has 0 aliphatic rings. The number of rotatable bonds is 6. The van der Waals surface area contributed by atoms with E-state index in [2.05, 4.69) is 25.6 Å². The largest absolute Gasteiger partial charge is 0.495 e. The van der Waals surface area contributed by atoms with Crippen LogP contribution < -0.4 is 15.4 Å². The molecule has 2 rings (SSSR count). The normalized spacial score (nSPS) is 11.0. The van der Waals surface area contributed by atoms with E-state index in [1.807, 2.05) is 0 Å². The van der Waals surface area contributed by atoms with Gasteiger partial charge < -0.3 is 14.8 Å². The van der Waals surface area contributed by atoms with Crippen molar-refractivity contribution >= 4 is 23.5 Å². The maximum Gasteiger partial charge on any atom is 0.416 e. The highest BCUT2D eigenvalue weighted by atomic mass is 19.4. The lowest BCUT2D eigenvalue weighted by atomic mass is 10.1. The van der Waals surface area contributed by atoms with Crippen LogP contribution in [0.4, 0.5) is 29.5 Å². The van der Waals surface area contributed by atoms with Crippen LogP contribution >= 0.6 is 0 Å². The number of halogens is 3. The van der Waals surface area contributed by atoms with Crippen LogP contribution in [0.25, 0.3) is 0 Å². The van der Waals surface area contributed by atoms with Crippen molar-refractivity contribution in [3.63, 3.8) is 0 Å². The molecular formula is C15H16F3N5O4. The van der Waals surface area contributed by atoms with Gasteiger partial charge in [-0.05, 0) is 25.1 Å². The van der Waals surface area contributed by atoms with Gasteiger partial charge in [0.15, 0.2) is 5.82 Å². The Labute approximate surface area is 151 Å². The highest BCUT2D eigenvalue weighted by Gasteiger charge is 2.31. The number of hydrogen-bond acceptors (Lipinski definition) is 6. The van der Waals surface area contributed by atoms with E-state index in [4.69, 9.17) is 4.74 Å². The zero-order valence-electron chi connectivity index (χ0n) is 14.3. The summed E-state index contributed by atoms with van der Waals surface area (Å²) in [7, 11) is 1.26. The third-order valence-electron chi connectivity index (χ3n) is 3.13. The fourth-order valence-corrected chi connectivity index (χ4v) is 2.00. The molecule has 0 fully saturated rings. The molecule has 2 N–H and O–H groups in total. The van der Waals surface area contributed by atoms with Gasteiger partial charge in [0, 0.05) is 0 Å². The number of alkyl halides is 3. The van der Waals surface area contributed by atoms with Gasteiger partial charge in [-0.1, -0.05) is 0 Å². The predicted molar refractivity (Wildman–Crippen MR) is 87.3 cm³/mol. The molecule has 0 spiro atoms. The third kappa shape index (κ3) is 5.59. The van der Waals surface area contributed by atoms with E-state index in [1.165, 1.54) is 13.3 Å². The SMILES string of the molecule is CCOC(=O)Nc1cnn(CC(=O)Nc2cc(C(F)(F)F)ccc2OC)n1. The van der Waals surface area contributed by atoms with Gasteiger partial charge in [0.25, 0.3) is 0 Å². The molecule has 0 saturated carbocycles. The predicted octanol–water partition coefficient (Wildman–Crippen LogP) is 2.51. The Balaban J connectivity index is 2.05. The number of amides is 2. The zero-order chi connectivity index (χ0) is 20.0. The fourth-order valence-electron chi connectivity index (χ4n) is 2.00. The van der Waals surface area contributed by atoms with E-state index >= 15 is 0 Å². The molecule has 27 heavy (non-hydrogen) atoms. The van der Waals surface area contributed by atoms with Gasteiger partial charge in [-0.2, -0.15) is 23.1 Å². The Morgan fingerprint density at radius 2 is 2.00 bits per heavy atom. The summed E-state index contributed by atoms with van der Waals surface area (Å²) in [5.74, 6) is -0.571. The summed E-state index contributed by atoms with van der Waals surface area (Å²) in [5.41, 5.74) is -1.08. The number of nitrogens with one attached hydrogen (secondary N) is 2. The Bertz CT molecular complexity index is 822. The first-order valence-corrected chi connectivity index (χ1v) is 7.62. The van der Waals surface area contributed by atoms with Gasteiger partial charge in [-0.25, -0.2) is 4.79 Å². The van der Waals surface area contributed by atoms with E-state index in [-0.39, 0.29) is 23.9 Å². The Kier molecular flexibility index (Phi) is 6.21. The van der Waals surface area contributed by atoms with Crippen molar-refractivity contribution < 1.29 is 32.2 Å². The minimum Gasteiger partial charge on any atom is -0.495 e. The average molecular weight is 387 g/mol. The highest BCUT2D eigenvalue weighted by Crippen LogP contribution is 2.34. The van der Waals surface area contributed by atoms with Crippen LogP contribution in [0, 0.1) is 0 Å². The third-order valence-corrected chi connectivity index (χ3v) is 3.13. The molecule has 0 radical (unpaired) electrons. The molecule has 0 aliphatic heterocycles. The first-order chi connectivity index (χ1) is 12.7. The number of hydrogen-bond donors (Lipinski definition) is 2. The molecule has 0 aliphatic carbocycles. The second kappa shape index (κ2) is 8.38. The van der Waals surface area contributed by atoms with Gasteiger partial charge in [0.1, 0.15) is 12.3 Å². The summed E-state index contributed by atoms with van der Waals surface area (Å²) in [6.07, 6.45) is -4.11. The molecule has 0 bridgehead atoms. The van der Waals surface area contributed by atoms with Gasteiger partial charge in [0.05, 0.1) is 31.2 Å². The summed E-state index contributed by atoms with van der Waals surface area (Å²) in [4.78, 5) is 24.3. The summed E-state index contributed by atoms with van der Waals surface area (Å²) in [6.45, 7) is 1.40. The number of nitrogens with zero attached hydrogens (tertiary/aromatic N) is 3. The van der Waals surface area contributed by atoms with Crippen LogP contribution in [0.3, 0.4) is 0 Å². The monoisotopic (exact) mass is 387 g/mol. The number of ether oxygens (including phenoxy) is 2. The standard InChI is InChI=1S/C15H16F3N5O4/c1-3-27-14(25)21-12-7-19-23(22-12)8-13(24)20-10-6-9(15(16,17)18)4-5-11(10)26-2/h4-7H,3,8H2,1-2H3,(H,20,24)(H,21,22,25). The number of anilines is 2. The van der Waals surface area contributed by atoms with Crippen LogP contribution in [0.2, 0.25) is 0 Å². The Morgan fingerprint density at radius 3 is 2.63 bits per heavy atom. The Hall–Kier alpha value is -3.31. The van der Waals surface area contributed by atoms with E-state index in [1.54, 1.807) is 6.92 Å². The molecule has 2 amide bonds. The van der Waals surface area contributed by atoms with Crippen molar-refractivity contribution in [2.45, 2.75) is 19.6 Å². The van der Waals surface area contributed by atoms with Crippen LogP contribution in [0.5, 0.6) is 5.75 Å². The molecule has 2 aromatic rings. The van der Waals surface area contributed by atoms with Gasteiger partial charge in [-0.15, -0.1) is 5.10 Å². The summed E-state index contributed by atoms with van der Waals surface area (Å²) < 4.78 is 48.1. The molecule has 0 unspecified atom stereocenters. The van der Waals surface area contributed by atoms with Gasteiger partial charge >= 0.3 is 12.3 Å². The lowest BCUT2D eigenvalue weighted by molar-refractivity contribution is -0.137. The zero-order valence-corrected chi connectivity index (χ0v) is 14.3. The average Bonchev–Trinajstić information content (AvgIpc) is 3.00. The molecule has 1 aromatic carbocycles. The quantitative estimate of drug-likeness (QED) is 0.789. The minimum absolute atomic E-state index is 0.0536. The number of methoxy groups -OCH3 is 1. The number of aromatic nitrogens is 3. The van der Waals surface area contributed by atoms with Crippen molar-refractivity contribution in [2.75, 3.05) is 24.4 Å². The topological polar surface area (TPSA) is 107 Å².